The average Bonchev–Trinajstić information content (AvgIpc) is 2.72. The van der Waals surface area contributed by atoms with Crippen LogP contribution in [0.1, 0.15) is 33.1 Å². The summed E-state index contributed by atoms with van der Waals surface area (Å²) < 4.78 is 13.2. The molecule has 0 aromatic heterocycles. The number of halogens is 1. The fourth-order valence-electron chi connectivity index (χ4n) is 2.77. The van der Waals surface area contributed by atoms with E-state index < -0.39 is 11.5 Å². The Morgan fingerprint density at radius 2 is 2.30 bits per heavy atom. The fraction of sp³-hybridized carbons (Fsp3) is 0.533. The van der Waals surface area contributed by atoms with Gasteiger partial charge in [-0.25, -0.2) is 4.39 Å². The van der Waals surface area contributed by atoms with Gasteiger partial charge in [0, 0.05) is 16.2 Å². The number of nitrogens with one attached hydrogen (secondary N) is 1. The number of hydrogen-bond acceptors (Lipinski definition) is 3. The summed E-state index contributed by atoms with van der Waals surface area (Å²) in [5, 5.41) is 12.9. The van der Waals surface area contributed by atoms with E-state index in [2.05, 4.69) is 5.32 Å². The number of rotatable bonds is 5. The van der Waals surface area contributed by atoms with E-state index >= 15 is 0 Å². The highest BCUT2D eigenvalue weighted by molar-refractivity contribution is 8.00. The maximum Gasteiger partial charge on any atom is 0.323 e. The lowest BCUT2D eigenvalue weighted by Crippen LogP contribution is -2.53. The van der Waals surface area contributed by atoms with Gasteiger partial charge in [-0.2, -0.15) is 0 Å². The minimum absolute atomic E-state index is 0.129. The number of thioether (sulfide) groups is 1. The van der Waals surface area contributed by atoms with Gasteiger partial charge in [0.15, 0.2) is 0 Å². The molecule has 0 radical (unpaired) electrons. The van der Waals surface area contributed by atoms with E-state index in [4.69, 9.17) is 0 Å². The highest BCUT2D eigenvalue weighted by Crippen LogP contribution is 2.40. The Morgan fingerprint density at radius 1 is 1.55 bits per heavy atom. The minimum Gasteiger partial charge on any atom is -0.480 e. The Morgan fingerprint density at radius 3 is 2.90 bits per heavy atom. The zero-order valence-corrected chi connectivity index (χ0v) is 12.5. The van der Waals surface area contributed by atoms with Crippen molar-refractivity contribution in [3.8, 4) is 0 Å². The molecule has 1 aliphatic carbocycles. The zero-order valence-electron chi connectivity index (χ0n) is 11.7. The van der Waals surface area contributed by atoms with Crippen LogP contribution in [0.5, 0.6) is 0 Å². The highest BCUT2D eigenvalue weighted by Gasteiger charge is 2.45. The molecule has 2 atom stereocenters. The molecule has 2 rings (SSSR count). The van der Waals surface area contributed by atoms with Gasteiger partial charge in [0.1, 0.15) is 11.4 Å². The molecule has 1 fully saturated rings. The van der Waals surface area contributed by atoms with Gasteiger partial charge in [-0.15, -0.1) is 11.8 Å². The van der Waals surface area contributed by atoms with E-state index in [1.54, 1.807) is 17.8 Å². The molecule has 2 N–H and O–H groups in total. The number of benzene rings is 1. The lowest BCUT2D eigenvalue weighted by atomic mass is 9.97. The number of aliphatic carboxylic acids is 1. The molecular formula is C15H20FNO2S. The Bertz CT molecular complexity index is 495. The molecule has 0 saturated heterocycles. The minimum atomic E-state index is -0.834. The number of carboxylic acids is 1. The molecule has 0 heterocycles. The molecular weight excluding hydrogens is 277 g/mol. The van der Waals surface area contributed by atoms with Crippen LogP contribution in [0.15, 0.2) is 29.2 Å². The molecule has 110 valence electrons. The summed E-state index contributed by atoms with van der Waals surface area (Å²) in [6, 6.07) is 6.60. The standard InChI is InChI=1S/C15H20FNO2S/c1-10(2)17-15(14(18)19)7-6-13(9-15)20-12-5-3-4-11(16)8-12/h3-5,8,10,13,17H,6-7,9H2,1-2H3,(H,18,19). The number of hydrogen-bond donors (Lipinski definition) is 2. The summed E-state index contributed by atoms with van der Waals surface area (Å²) in [6.07, 6.45) is 2.02. The van der Waals surface area contributed by atoms with Crippen LogP contribution in [0.4, 0.5) is 4.39 Å². The first kappa shape index (κ1) is 15.3. The van der Waals surface area contributed by atoms with Crippen LogP contribution in [0.3, 0.4) is 0 Å². The van der Waals surface area contributed by atoms with Crippen molar-refractivity contribution >= 4 is 17.7 Å². The number of carbonyl (C=O) groups is 1. The molecule has 2 unspecified atom stereocenters. The molecule has 20 heavy (non-hydrogen) atoms. The SMILES string of the molecule is CC(C)NC1(C(=O)O)CCC(Sc2cccc(F)c2)C1. The average molecular weight is 297 g/mol. The predicted octanol–water partition coefficient (Wildman–Crippen LogP) is 3.29. The summed E-state index contributed by atoms with van der Waals surface area (Å²) in [6.45, 7) is 3.91. The van der Waals surface area contributed by atoms with Crippen molar-refractivity contribution < 1.29 is 14.3 Å². The maximum absolute atomic E-state index is 13.2. The Kier molecular flexibility index (Phi) is 4.70. The van der Waals surface area contributed by atoms with E-state index in [0.717, 1.165) is 11.3 Å². The third-order valence-electron chi connectivity index (χ3n) is 3.54. The van der Waals surface area contributed by atoms with Crippen LogP contribution in [-0.4, -0.2) is 27.9 Å². The highest BCUT2D eigenvalue weighted by atomic mass is 32.2. The summed E-state index contributed by atoms with van der Waals surface area (Å²) in [5.74, 6) is -1.04. The molecule has 1 aromatic rings. The van der Waals surface area contributed by atoms with Gasteiger partial charge < -0.3 is 5.11 Å². The van der Waals surface area contributed by atoms with Gasteiger partial charge in [-0.1, -0.05) is 6.07 Å². The second-order valence-electron chi connectivity index (χ2n) is 5.63. The van der Waals surface area contributed by atoms with Crippen LogP contribution in [0, 0.1) is 5.82 Å². The van der Waals surface area contributed by atoms with E-state index in [-0.39, 0.29) is 17.1 Å². The predicted molar refractivity (Wildman–Crippen MR) is 78.5 cm³/mol. The first-order valence-electron chi connectivity index (χ1n) is 6.84. The van der Waals surface area contributed by atoms with Crippen molar-refractivity contribution in [2.75, 3.05) is 0 Å². The van der Waals surface area contributed by atoms with Crippen molar-refractivity contribution in [3.05, 3.63) is 30.1 Å². The van der Waals surface area contributed by atoms with Crippen LogP contribution in [-0.2, 0) is 4.79 Å². The summed E-state index contributed by atoms with van der Waals surface area (Å²) in [5.41, 5.74) is -0.834. The van der Waals surface area contributed by atoms with Gasteiger partial charge in [0.2, 0.25) is 0 Å². The smallest absolute Gasteiger partial charge is 0.323 e. The Hall–Kier alpha value is -1.07. The van der Waals surface area contributed by atoms with Crippen LogP contribution >= 0.6 is 11.8 Å². The normalized spacial score (nSPS) is 26.1. The third-order valence-corrected chi connectivity index (χ3v) is 4.80. The topological polar surface area (TPSA) is 49.3 Å². The van der Waals surface area contributed by atoms with Crippen LogP contribution < -0.4 is 5.32 Å². The fourth-order valence-corrected chi connectivity index (χ4v) is 4.10. The van der Waals surface area contributed by atoms with Crippen molar-refractivity contribution in [1.82, 2.24) is 5.32 Å². The molecule has 0 spiro atoms. The molecule has 1 aliphatic rings. The molecule has 0 aliphatic heterocycles. The Labute approximate surface area is 123 Å². The Balaban J connectivity index is 2.05. The number of carboxylic acid groups (broad SMARTS) is 1. The van der Waals surface area contributed by atoms with Gasteiger partial charge in [0.05, 0.1) is 0 Å². The van der Waals surface area contributed by atoms with Crippen molar-refractivity contribution in [2.45, 2.75) is 54.8 Å². The zero-order chi connectivity index (χ0) is 14.8. The first-order chi connectivity index (χ1) is 9.41. The third kappa shape index (κ3) is 3.52. The summed E-state index contributed by atoms with van der Waals surface area (Å²) in [4.78, 5) is 12.4. The van der Waals surface area contributed by atoms with Crippen molar-refractivity contribution in [2.24, 2.45) is 0 Å². The van der Waals surface area contributed by atoms with E-state index in [1.807, 2.05) is 19.9 Å². The van der Waals surface area contributed by atoms with Gasteiger partial charge >= 0.3 is 5.97 Å². The molecule has 1 saturated carbocycles. The van der Waals surface area contributed by atoms with E-state index in [9.17, 15) is 14.3 Å². The largest absolute Gasteiger partial charge is 0.480 e. The second-order valence-corrected chi connectivity index (χ2v) is 7.00. The van der Waals surface area contributed by atoms with Gasteiger partial charge in [0.25, 0.3) is 0 Å². The van der Waals surface area contributed by atoms with Crippen molar-refractivity contribution in [3.63, 3.8) is 0 Å². The van der Waals surface area contributed by atoms with Gasteiger partial charge in [-0.05, 0) is 51.3 Å². The molecule has 5 heteroatoms. The van der Waals surface area contributed by atoms with Gasteiger partial charge in [-0.3, -0.25) is 10.1 Å². The van der Waals surface area contributed by atoms with Crippen LogP contribution in [0.25, 0.3) is 0 Å². The van der Waals surface area contributed by atoms with E-state index in [1.165, 1.54) is 12.1 Å². The lowest BCUT2D eigenvalue weighted by molar-refractivity contribution is -0.145. The molecule has 3 nitrogen and oxygen atoms in total. The van der Waals surface area contributed by atoms with Crippen LogP contribution in [0.2, 0.25) is 0 Å². The second kappa shape index (κ2) is 6.14. The lowest BCUT2D eigenvalue weighted by Gasteiger charge is -2.28. The summed E-state index contributed by atoms with van der Waals surface area (Å²) >= 11 is 1.57. The maximum atomic E-state index is 13.2. The monoisotopic (exact) mass is 297 g/mol. The summed E-state index contributed by atoms with van der Waals surface area (Å²) in [7, 11) is 0. The molecule has 0 bridgehead atoms. The van der Waals surface area contributed by atoms with Crippen molar-refractivity contribution in [1.29, 1.82) is 0 Å². The first-order valence-corrected chi connectivity index (χ1v) is 7.72. The quantitative estimate of drug-likeness (QED) is 0.875. The van der Waals surface area contributed by atoms with E-state index in [0.29, 0.717) is 12.8 Å². The molecule has 1 aromatic carbocycles. The molecule has 0 amide bonds.